The molecule has 0 aliphatic carbocycles. The van der Waals surface area contributed by atoms with E-state index in [9.17, 15) is 4.79 Å². The van der Waals surface area contributed by atoms with E-state index >= 15 is 0 Å². The lowest BCUT2D eigenvalue weighted by Crippen LogP contribution is -2.00. The third-order valence-corrected chi connectivity index (χ3v) is 1.49. The highest BCUT2D eigenvalue weighted by atomic mass is 31.1. The van der Waals surface area contributed by atoms with Crippen LogP contribution in [0.25, 0.3) is 0 Å². The molecule has 0 aromatic rings. The fourth-order valence-electron chi connectivity index (χ4n) is 0.201. The molecule has 0 saturated carbocycles. The van der Waals surface area contributed by atoms with Gasteiger partial charge in [-0.3, -0.25) is 10.2 Å². The van der Waals surface area contributed by atoms with Crippen LogP contribution in [0.1, 0.15) is 6.92 Å². The summed E-state index contributed by atoms with van der Waals surface area (Å²) in [6.45, 7) is 1.37. The summed E-state index contributed by atoms with van der Waals surface area (Å²) in [5.74, 6) is -0.193. The van der Waals surface area contributed by atoms with Crippen molar-refractivity contribution >= 4 is 20.0 Å². The van der Waals surface area contributed by atoms with E-state index < -0.39 is 8.81 Å². The van der Waals surface area contributed by atoms with Crippen molar-refractivity contribution in [3.8, 4) is 0 Å². The van der Waals surface area contributed by atoms with E-state index in [1.807, 2.05) is 0 Å². The molecule has 46 valence electrons. The molecule has 0 aromatic heterocycles. The largest absolute Gasteiger partial charge is 0.289 e. The molecule has 1 atom stereocenters. The van der Waals surface area contributed by atoms with E-state index in [-0.39, 0.29) is 11.2 Å². The molecule has 0 fully saturated rings. The number of Topliss-reactive ketones (excluding diaryl/α,β-unsaturated/α-hetero) is 1. The SMILES string of the molecule is CO[PH2+]C(=N)C(C)=O. The number of ketones is 1. The Morgan fingerprint density at radius 2 is 2.25 bits per heavy atom. The zero-order valence-corrected chi connectivity index (χ0v) is 6.05. The minimum absolute atomic E-state index is 0.104. The second kappa shape index (κ2) is 3.70. The standard InChI is InChI=1S/C4H8NO2P/c1-3(6)4(5)8-7-2/h5,8H,1-2H3/p+1. The summed E-state index contributed by atoms with van der Waals surface area (Å²) in [6.07, 6.45) is 0. The lowest BCUT2D eigenvalue weighted by molar-refractivity contribution is -0.110. The second-order valence-corrected chi connectivity index (χ2v) is 2.61. The minimum atomic E-state index is -0.532. The topological polar surface area (TPSA) is 50.1 Å². The lowest BCUT2D eigenvalue weighted by Gasteiger charge is -1.84. The van der Waals surface area contributed by atoms with Gasteiger partial charge in [0.25, 0.3) is 0 Å². The van der Waals surface area contributed by atoms with Crippen molar-refractivity contribution in [2.24, 2.45) is 0 Å². The first-order valence-electron chi connectivity index (χ1n) is 2.14. The zero-order chi connectivity index (χ0) is 6.57. The quantitative estimate of drug-likeness (QED) is 0.452. The van der Waals surface area contributed by atoms with Crippen molar-refractivity contribution < 1.29 is 9.32 Å². The van der Waals surface area contributed by atoms with Gasteiger partial charge in [-0.2, -0.15) is 0 Å². The van der Waals surface area contributed by atoms with Crippen LogP contribution in [0.4, 0.5) is 0 Å². The summed E-state index contributed by atoms with van der Waals surface area (Å²) in [7, 11) is 0.960. The molecule has 0 aliphatic rings. The van der Waals surface area contributed by atoms with Crippen LogP contribution in [0.3, 0.4) is 0 Å². The van der Waals surface area contributed by atoms with Gasteiger partial charge in [-0.15, -0.1) is 0 Å². The van der Waals surface area contributed by atoms with Crippen molar-refractivity contribution in [2.75, 3.05) is 7.11 Å². The molecule has 0 spiro atoms. The summed E-state index contributed by atoms with van der Waals surface area (Å²) in [5, 5.41) is 6.91. The fourth-order valence-corrected chi connectivity index (χ4v) is 0.602. The molecular formula is C4H9NO2P+. The van der Waals surface area contributed by atoms with Gasteiger partial charge in [-0.1, -0.05) is 0 Å². The molecule has 1 unspecified atom stereocenters. The van der Waals surface area contributed by atoms with Gasteiger partial charge in [-0.05, 0) is 0 Å². The monoisotopic (exact) mass is 134 g/mol. The van der Waals surface area contributed by atoms with Gasteiger partial charge in [-0.25, -0.2) is 4.52 Å². The number of rotatable bonds is 3. The van der Waals surface area contributed by atoms with E-state index in [2.05, 4.69) is 4.52 Å². The van der Waals surface area contributed by atoms with Crippen molar-refractivity contribution in [1.29, 1.82) is 5.41 Å². The van der Waals surface area contributed by atoms with Crippen LogP contribution in [-0.4, -0.2) is 18.3 Å². The van der Waals surface area contributed by atoms with Gasteiger partial charge in [0.05, 0.1) is 7.11 Å². The molecule has 0 amide bonds. The van der Waals surface area contributed by atoms with Gasteiger partial charge in [0.1, 0.15) is 0 Å². The maximum absolute atomic E-state index is 10.2. The van der Waals surface area contributed by atoms with Crippen LogP contribution in [0.15, 0.2) is 0 Å². The summed E-state index contributed by atoms with van der Waals surface area (Å²) < 4.78 is 4.60. The Morgan fingerprint density at radius 3 is 2.38 bits per heavy atom. The number of carbonyl (C=O) groups is 1. The third-order valence-electron chi connectivity index (χ3n) is 0.615. The van der Waals surface area contributed by atoms with Gasteiger partial charge >= 0.3 is 0 Å². The van der Waals surface area contributed by atoms with Crippen molar-refractivity contribution in [3.63, 3.8) is 0 Å². The van der Waals surface area contributed by atoms with E-state index in [1.165, 1.54) is 14.0 Å². The summed E-state index contributed by atoms with van der Waals surface area (Å²) in [4.78, 5) is 10.2. The molecule has 0 aliphatic heterocycles. The highest BCUT2D eigenvalue weighted by Gasteiger charge is 2.07. The van der Waals surface area contributed by atoms with Crippen molar-refractivity contribution in [1.82, 2.24) is 0 Å². The van der Waals surface area contributed by atoms with Crippen LogP contribution in [-0.2, 0) is 9.32 Å². The van der Waals surface area contributed by atoms with Crippen LogP contribution < -0.4 is 0 Å². The van der Waals surface area contributed by atoms with Gasteiger partial charge in [0, 0.05) is 6.92 Å². The Bertz CT molecular complexity index is 113. The van der Waals surface area contributed by atoms with Gasteiger partial charge < -0.3 is 0 Å². The van der Waals surface area contributed by atoms with Gasteiger partial charge in [0.2, 0.25) is 11.2 Å². The van der Waals surface area contributed by atoms with Gasteiger partial charge in [0.15, 0.2) is 8.81 Å². The fraction of sp³-hybridized carbons (Fsp3) is 0.500. The molecule has 0 bridgehead atoms. The third kappa shape index (κ3) is 2.83. The second-order valence-electron chi connectivity index (χ2n) is 1.32. The molecule has 0 aromatic carbocycles. The first-order chi connectivity index (χ1) is 3.68. The Labute approximate surface area is 49.8 Å². The maximum Gasteiger partial charge on any atom is 0.243 e. The molecule has 8 heavy (non-hydrogen) atoms. The van der Waals surface area contributed by atoms with E-state index in [1.54, 1.807) is 0 Å². The first-order valence-corrected chi connectivity index (χ1v) is 3.19. The van der Waals surface area contributed by atoms with E-state index in [0.29, 0.717) is 0 Å². The molecule has 4 heteroatoms. The molecule has 0 heterocycles. The predicted octanol–water partition coefficient (Wildman–Crippen LogP) is 0.525. The zero-order valence-electron chi connectivity index (χ0n) is 4.89. The molecular weight excluding hydrogens is 125 g/mol. The number of carbonyl (C=O) groups excluding carboxylic acids is 1. The summed E-state index contributed by atoms with van der Waals surface area (Å²) in [5.41, 5.74) is 0.104. The highest BCUT2D eigenvalue weighted by Crippen LogP contribution is 2.10. The van der Waals surface area contributed by atoms with Crippen LogP contribution in [0, 0.1) is 5.41 Å². The normalized spacial score (nSPS) is 10.2. The van der Waals surface area contributed by atoms with Crippen molar-refractivity contribution in [2.45, 2.75) is 6.92 Å². The molecule has 0 saturated heterocycles. The minimum Gasteiger partial charge on any atom is -0.289 e. The number of nitrogens with one attached hydrogen (secondary N) is 1. The molecule has 0 rings (SSSR count). The summed E-state index contributed by atoms with van der Waals surface area (Å²) in [6, 6.07) is 0. The Balaban J connectivity index is 3.49. The average Bonchev–Trinajstić information content (AvgIpc) is 1.67. The number of hydrogen-bond donors (Lipinski definition) is 1. The Hall–Kier alpha value is -0.270. The van der Waals surface area contributed by atoms with Crippen LogP contribution in [0.2, 0.25) is 0 Å². The maximum atomic E-state index is 10.2. The van der Waals surface area contributed by atoms with Crippen LogP contribution >= 0.6 is 8.81 Å². The lowest BCUT2D eigenvalue weighted by atomic mass is 10.5. The molecule has 0 radical (unpaired) electrons. The highest BCUT2D eigenvalue weighted by molar-refractivity contribution is 7.57. The number of hydrogen-bond acceptors (Lipinski definition) is 3. The molecule has 1 N–H and O–H groups in total. The predicted molar refractivity (Wildman–Crippen MR) is 35.1 cm³/mol. The smallest absolute Gasteiger partial charge is 0.243 e. The Kier molecular flexibility index (Phi) is 3.57. The molecule has 3 nitrogen and oxygen atoms in total. The van der Waals surface area contributed by atoms with Crippen molar-refractivity contribution in [3.05, 3.63) is 0 Å². The van der Waals surface area contributed by atoms with Crippen LogP contribution in [0.5, 0.6) is 0 Å². The first kappa shape index (κ1) is 7.73. The average molecular weight is 134 g/mol. The Morgan fingerprint density at radius 1 is 1.75 bits per heavy atom. The summed E-state index contributed by atoms with van der Waals surface area (Å²) >= 11 is 0. The van der Waals surface area contributed by atoms with E-state index in [0.717, 1.165) is 0 Å². The van der Waals surface area contributed by atoms with E-state index in [4.69, 9.17) is 5.41 Å².